The van der Waals surface area contributed by atoms with E-state index in [9.17, 15) is 9.59 Å². The molecule has 1 aliphatic rings. The zero-order chi connectivity index (χ0) is 20.2. The molecule has 0 N–H and O–H groups in total. The van der Waals surface area contributed by atoms with Crippen molar-refractivity contribution in [1.82, 2.24) is 0 Å². The van der Waals surface area contributed by atoms with Gasteiger partial charge in [0.15, 0.2) is 0 Å². The molecule has 5 heteroatoms. The van der Waals surface area contributed by atoms with Gasteiger partial charge in [-0.25, -0.2) is 4.79 Å². The molecule has 27 heavy (non-hydrogen) atoms. The van der Waals surface area contributed by atoms with Gasteiger partial charge in [-0.2, -0.15) is 0 Å². The molecule has 0 unspecified atom stereocenters. The Morgan fingerprint density at radius 1 is 1.22 bits per heavy atom. The van der Waals surface area contributed by atoms with Crippen LogP contribution >= 0.6 is 0 Å². The van der Waals surface area contributed by atoms with Gasteiger partial charge in [0.25, 0.3) is 0 Å². The van der Waals surface area contributed by atoms with E-state index < -0.39 is 8.07 Å². The summed E-state index contributed by atoms with van der Waals surface area (Å²) >= 11 is 0. The minimum Gasteiger partial charge on any atom is -0.493 e. The second-order valence-corrected chi connectivity index (χ2v) is 13.9. The topological polar surface area (TPSA) is 52.6 Å². The van der Waals surface area contributed by atoms with Gasteiger partial charge in [-0.3, -0.25) is 4.79 Å². The van der Waals surface area contributed by atoms with Gasteiger partial charge in [-0.1, -0.05) is 39.6 Å². The van der Waals surface area contributed by atoms with Crippen LogP contribution in [0.3, 0.4) is 0 Å². The van der Waals surface area contributed by atoms with Gasteiger partial charge in [0.05, 0.1) is 6.61 Å². The first-order valence-corrected chi connectivity index (χ1v) is 13.6. The number of fused-ring (bicyclic) bond motifs is 1. The largest absolute Gasteiger partial charge is 0.493 e. The van der Waals surface area contributed by atoms with Crippen LogP contribution in [0.2, 0.25) is 25.7 Å². The summed E-state index contributed by atoms with van der Waals surface area (Å²) in [4.78, 5) is 23.7. The average molecular weight is 389 g/mol. The van der Waals surface area contributed by atoms with Gasteiger partial charge < -0.3 is 9.47 Å². The van der Waals surface area contributed by atoms with Crippen molar-refractivity contribution >= 4 is 20.3 Å². The summed E-state index contributed by atoms with van der Waals surface area (Å²) in [7, 11) is -1.25. The molecule has 1 heterocycles. The number of aldehydes is 1. The van der Waals surface area contributed by atoms with Gasteiger partial charge in [0.1, 0.15) is 24.2 Å². The Kier molecular flexibility index (Phi) is 7.04. The number of esters is 1. The van der Waals surface area contributed by atoms with Crippen LogP contribution in [0.4, 0.5) is 0 Å². The monoisotopic (exact) mass is 388 g/mol. The summed E-state index contributed by atoms with van der Waals surface area (Å²) in [5, 5.41) is 0. The van der Waals surface area contributed by atoms with E-state index in [4.69, 9.17) is 9.47 Å². The first-order valence-electron chi connectivity index (χ1n) is 9.84. The van der Waals surface area contributed by atoms with E-state index in [2.05, 4.69) is 33.5 Å². The van der Waals surface area contributed by atoms with E-state index in [-0.39, 0.29) is 5.97 Å². The first kappa shape index (κ1) is 21.4. The fraction of sp³-hybridized carbons (Fsp3) is 0.545. The SMILES string of the molecule is CCC(C=O)=CCc1c(CC)c(C)c2c(c1OCC[Si](C)(C)C)C(=O)OC2. The molecule has 0 aromatic heterocycles. The fourth-order valence-electron chi connectivity index (χ4n) is 3.45. The fourth-order valence-corrected chi connectivity index (χ4v) is 4.16. The van der Waals surface area contributed by atoms with E-state index in [0.29, 0.717) is 37.4 Å². The maximum Gasteiger partial charge on any atom is 0.342 e. The van der Waals surface area contributed by atoms with Crippen molar-refractivity contribution in [3.63, 3.8) is 0 Å². The molecule has 1 aromatic rings. The first-order chi connectivity index (χ1) is 12.7. The van der Waals surface area contributed by atoms with Crippen LogP contribution in [0.1, 0.15) is 52.9 Å². The third-order valence-corrected chi connectivity index (χ3v) is 6.91. The molecule has 148 valence electrons. The Morgan fingerprint density at radius 2 is 1.93 bits per heavy atom. The van der Waals surface area contributed by atoms with Crippen molar-refractivity contribution in [2.24, 2.45) is 0 Å². The third kappa shape index (κ3) is 4.89. The zero-order valence-electron chi connectivity index (χ0n) is 17.5. The van der Waals surface area contributed by atoms with Crippen molar-refractivity contribution in [3.05, 3.63) is 39.5 Å². The summed E-state index contributed by atoms with van der Waals surface area (Å²) in [6.45, 7) is 14.0. The van der Waals surface area contributed by atoms with Gasteiger partial charge in [0.2, 0.25) is 0 Å². The predicted octanol–water partition coefficient (Wildman–Crippen LogP) is 5.02. The number of benzene rings is 1. The predicted molar refractivity (Wildman–Crippen MR) is 111 cm³/mol. The van der Waals surface area contributed by atoms with Crippen LogP contribution in [0.15, 0.2) is 11.6 Å². The Morgan fingerprint density at radius 3 is 2.48 bits per heavy atom. The molecule has 0 atom stereocenters. The summed E-state index contributed by atoms with van der Waals surface area (Å²) in [6, 6.07) is 1.02. The Hall–Kier alpha value is -1.88. The lowest BCUT2D eigenvalue weighted by atomic mass is 9.89. The van der Waals surface area contributed by atoms with Crippen molar-refractivity contribution in [2.45, 2.75) is 72.3 Å². The van der Waals surface area contributed by atoms with Gasteiger partial charge in [-0.15, -0.1) is 0 Å². The van der Waals surface area contributed by atoms with E-state index in [0.717, 1.165) is 41.0 Å². The number of carbonyl (C=O) groups excluding carboxylic acids is 2. The molecular weight excluding hydrogens is 356 g/mol. The standard InChI is InChI=1S/C22H32O4Si/c1-7-16(13-23)9-10-18-17(8-2)15(3)19-14-26-22(24)20(19)21(18)25-11-12-27(4,5)6/h9,13H,7-8,10-12,14H2,1-6H3. The maximum atomic E-state index is 12.4. The number of cyclic esters (lactones) is 1. The minimum atomic E-state index is -1.25. The molecule has 0 saturated carbocycles. The Bertz CT molecular complexity index is 757. The van der Waals surface area contributed by atoms with E-state index in [1.54, 1.807) is 0 Å². The number of hydrogen-bond donors (Lipinski definition) is 0. The van der Waals surface area contributed by atoms with Crippen LogP contribution in [-0.4, -0.2) is 26.9 Å². The molecule has 0 saturated heterocycles. The summed E-state index contributed by atoms with van der Waals surface area (Å²) in [5.74, 6) is 0.376. The maximum absolute atomic E-state index is 12.4. The molecular formula is C22H32O4Si. The second-order valence-electron chi connectivity index (χ2n) is 8.31. The number of allylic oxidation sites excluding steroid dienone is 2. The lowest BCUT2D eigenvalue weighted by Crippen LogP contribution is -2.23. The van der Waals surface area contributed by atoms with Gasteiger partial charge >= 0.3 is 5.97 Å². The zero-order valence-corrected chi connectivity index (χ0v) is 18.5. The lowest BCUT2D eigenvalue weighted by Gasteiger charge is -2.22. The average Bonchev–Trinajstić information content (AvgIpc) is 2.99. The molecule has 2 rings (SSSR count). The van der Waals surface area contributed by atoms with Crippen molar-refractivity contribution < 1.29 is 19.1 Å². The second kappa shape index (κ2) is 8.87. The number of rotatable bonds is 9. The molecule has 0 aliphatic carbocycles. The van der Waals surface area contributed by atoms with Crippen molar-refractivity contribution in [3.8, 4) is 5.75 Å². The van der Waals surface area contributed by atoms with Gasteiger partial charge in [0, 0.05) is 19.2 Å². The Labute approximate surface area is 164 Å². The van der Waals surface area contributed by atoms with Crippen LogP contribution in [-0.2, 0) is 29.0 Å². The molecule has 1 aromatic carbocycles. The smallest absolute Gasteiger partial charge is 0.342 e. The number of ether oxygens (including phenoxy) is 2. The highest BCUT2D eigenvalue weighted by atomic mass is 28.3. The molecule has 0 radical (unpaired) electrons. The van der Waals surface area contributed by atoms with E-state index >= 15 is 0 Å². The lowest BCUT2D eigenvalue weighted by molar-refractivity contribution is -0.105. The van der Waals surface area contributed by atoms with Crippen LogP contribution in [0, 0.1) is 6.92 Å². The normalized spacial score (nSPS) is 14.1. The molecule has 1 aliphatic heterocycles. The molecule has 0 bridgehead atoms. The van der Waals surface area contributed by atoms with Crippen LogP contribution in [0.5, 0.6) is 5.75 Å². The van der Waals surface area contributed by atoms with E-state index in [1.165, 1.54) is 5.56 Å². The summed E-state index contributed by atoms with van der Waals surface area (Å²) < 4.78 is 11.6. The van der Waals surface area contributed by atoms with Crippen molar-refractivity contribution in [1.29, 1.82) is 0 Å². The van der Waals surface area contributed by atoms with Gasteiger partial charge in [-0.05, 0) is 48.9 Å². The molecule has 0 amide bonds. The summed E-state index contributed by atoms with van der Waals surface area (Å²) in [6.07, 6.45) is 5.01. The summed E-state index contributed by atoms with van der Waals surface area (Å²) in [5.41, 5.74) is 5.66. The number of hydrogen-bond acceptors (Lipinski definition) is 4. The molecule has 0 fully saturated rings. The molecule has 0 spiro atoms. The van der Waals surface area contributed by atoms with Crippen molar-refractivity contribution in [2.75, 3.05) is 6.61 Å². The van der Waals surface area contributed by atoms with Crippen LogP contribution in [0.25, 0.3) is 0 Å². The highest BCUT2D eigenvalue weighted by Crippen LogP contribution is 2.39. The third-order valence-electron chi connectivity index (χ3n) is 5.20. The number of carbonyl (C=O) groups is 2. The Balaban J connectivity index is 2.55. The quantitative estimate of drug-likeness (QED) is 0.258. The minimum absolute atomic E-state index is 0.296. The van der Waals surface area contributed by atoms with Crippen LogP contribution < -0.4 is 4.74 Å². The highest BCUT2D eigenvalue weighted by Gasteiger charge is 2.32. The highest BCUT2D eigenvalue weighted by molar-refractivity contribution is 6.76. The van der Waals surface area contributed by atoms with E-state index in [1.807, 2.05) is 13.0 Å². The molecule has 4 nitrogen and oxygen atoms in total.